The van der Waals surface area contributed by atoms with Crippen LogP contribution in [0.15, 0.2) is 82.6 Å². The van der Waals surface area contributed by atoms with E-state index in [-0.39, 0.29) is 59.3 Å². The molecule has 0 fully saturated rings. The van der Waals surface area contributed by atoms with Gasteiger partial charge >= 0.3 is 30.3 Å². The first kappa shape index (κ1) is 81.5. The molecule has 2 aromatic heterocycles. The second-order valence-electron chi connectivity index (χ2n) is 25.9. The number of carbonyl (C=O) groups excluding carboxylic acids is 3. The fraction of sp³-hybridized carbons (Fsp3) is 0.479. The largest absolute Gasteiger partial charge is 0.480 e. The van der Waals surface area contributed by atoms with Gasteiger partial charge in [0.15, 0.2) is 5.78 Å². The summed E-state index contributed by atoms with van der Waals surface area (Å²) in [4.78, 5) is 79.9. The summed E-state index contributed by atoms with van der Waals surface area (Å²) in [5.41, 5.74) is 6.11. The quantitative estimate of drug-likeness (QED) is 0.0388. The van der Waals surface area contributed by atoms with Gasteiger partial charge in [0, 0.05) is 60.6 Å². The second kappa shape index (κ2) is 35.5. The molecular weight excluding hydrogens is 1280 g/mol. The first-order chi connectivity index (χ1) is 45.0. The number of alkyl halides is 6. The number of carboxylic acids is 1. The van der Waals surface area contributed by atoms with Crippen molar-refractivity contribution < 1.29 is 77.7 Å². The van der Waals surface area contributed by atoms with E-state index in [0.717, 1.165) is 24.1 Å². The average Bonchev–Trinajstić information content (AvgIpc) is 0.776. The van der Waals surface area contributed by atoms with Crippen LogP contribution in [-0.4, -0.2) is 102 Å². The lowest BCUT2D eigenvalue weighted by Crippen LogP contribution is -2.33. The van der Waals surface area contributed by atoms with Crippen molar-refractivity contribution in [1.29, 1.82) is 0 Å². The topological polar surface area (TPSA) is 183 Å². The van der Waals surface area contributed by atoms with Crippen LogP contribution in [0.1, 0.15) is 164 Å². The Morgan fingerprint density at radius 3 is 1.25 bits per heavy atom. The Hall–Kier alpha value is -7.96. The minimum Gasteiger partial charge on any atom is -0.480 e. The van der Waals surface area contributed by atoms with Crippen LogP contribution >= 0.6 is 0 Å². The number of hydrogen-bond acceptors (Lipinski definition) is 11. The Bertz CT molecular complexity index is 3830. The van der Waals surface area contributed by atoms with E-state index in [1.165, 1.54) is 59.4 Å². The molecule has 0 amide bonds. The zero-order chi connectivity index (χ0) is 73.5. The highest BCUT2D eigenvalue weighted by molar-refractivity contribution is 5.85. The molecule has 0 aliphatic carbocycles. The first-order valence-corrected chi connectivity index (χ1v) is 31.9. The fourth-order valence-corrected chi connectivity index (χ4v) is 11.6. The van der Waals surface area contributed by atoms with Crippen LogP contribution in [0, 0.1) is 76.6 Å². The lowest BCUT2D eigenvalue weighted by Gasteiger charge is -2.26. The number of hydrogen-bond donors (Lipinski definition) is 2. The number of halogens is 10. The summed E-state index contributed by atoms with van der Waals surface area (Å²) in [7, 11) is 7.80. The summed E-state index contributed by atoms with van der Waals surface area (Å²) in [5.74, 6) is -8.51. The van der Waals surface area contributed by atoms with Gasteiger partial charge in [-0.3, -0.25) is 24.0 Å². The molecule has 2 unspecified atom stereocenters. The molecule has 532 valence electrons. The van der Waals surface area contributed by atoms with Gasteiger partial charge in [0.1, 0.15) is 29.3 Å². The molecule has 97 heavy (non-hydrogen) atoms. The summed E-state index contributed by atoms with van der Waals surface area (Å²) in [6, 6.07) is 8.87. The zero-order valence-electron chi connectivity index (χ0n) is 58.0. The number of aliphatic carboxylic acids is 1. The number of rotatable bonds is 26. The number of ether oxygens (including phenoxy) is 2. The van der Waals surface area contributed by atoms with Crippen molar-refractivity contribution in [2.24, 2.45) is 17.6 Å². The number of aryl methyl sites for hydroxylation is 6. The third kappa shape index (κ3) is 23.1. The highest BCUT2D eigenvalue weighted by Crippen LogP contribution is 2.43. The van der Waals surface area contributed by atoms with Crippen LogP contribution < -0.4 is 16.9 Å². The molecule has 0 bridgehead atoms. The number of pyridine rings is 2. The van der Waals surface area contributed by atoms with Crippen LogP contribution in [0.3, 0.4) is 0 Å². The van der Waals surface area contributed by atoms with Gasteiger partial charge in [-0.15, -0.1) is 0 Å². The van der Waals surface area contributed by atoms with Crippen LogP contribution in [0.5, 0.6) is 0 Å². The highest BCUT2D eigenvalue weighted by Gasteiger charge is 2.40. The Morgan fingerprint density at radius 2 is 0.887 bits per heavy atom. The third-order valence-corrected chi connectivity index (χ3v) is 16.1. The maximum Gasteiger partial charge on any atom is 0.419 e. The van der Waals surface area contributed by atoms with Gasteiger partial charge in [0.25, 0.3) is 11.1 Å². The van der Waals surface area contributed by atoms with E-state index >= 15 is 4.39 Å². The molecule has 0 radical (unpaired) electrons. The van der Waals surface area contributed by atoms with E-state index in [4.69, 9.17) is 15.2 Å². The molecule has 0 spiro atoms. The minimum absolute atomic E-state index is 0.0331. The van der Waals surface area contributed by atoms with Gasteiger partial charge in [-0.05, 0) is 243 Å². The predicted molar refractivity (Wildman–Crippen MR) is 354 cm³/mol. The molecular formula is C73H91F10N5O9. The molecule has 0 saturated heterocycles. The molecule has 4 aromatic carbocycles. The summed E-state index contributed by atoms with van der Waals surface area (Å²) in [6.45, 7) is 21.9. The summed E-state index contributed by atoms with van der Waals surface area (Å²) in [5, 5.41) is 9.43. The number of aromatic nitrogens is 2. The lowest BCUT2D eigenvalue weighted by molar-refractivity contribution is -0.144. The number of benzene rings is 4. The zero-order valence-corrected chi connectivity index (χ0v) is 58.0. The molecule has 0 saturated carbocycles. The molecule has 6 rings (SSSR count). The number of nitrogens with two attached hydrogens (primary N) is 1. The van der Waals surface area contributed by atoms with Crippen LogP contribution in [0.4, 0.5) is 43.9 Å². The SMILES string of the molecule is CCOC(=O)C[C@H](CC(=O)C(CC(C)C)n1cc(CCN(C)C)cc(C)c1=O)c1cc(-c2c(C)cc(F)cc2C)cc(C(F)(F)F)c1F.CCOC(=O)C[C@H](N)c1cc(-c2c(C)cc(F)cc2C)cc(C(F)(F)F)c1F.Cc1cc(CCN(C)C)cn(C(CC(C)C)C(=O)O)c1=O. The van der Waals surface area contributed by atoms with E-state index in [1.54, 1.807) is 60.0 Å². The maximum atomic E-state index is 16.0. The van der Waals surface area contributed by atoms with Crippen molar-refractivity contribution in [2.75, 3.05) is 54.5 Å². The standard InChI is InChI=1S/C37H45F5N2O4.C20H20F5NO2.C16H26N2O3/c1-9-48-33(46)19-26(18-32(45)31(12-21(2)3)44-20-25(10-11-43(7)8)13-24(6)36(44)47)29-16-27(17-30(35(29)39)37(40,41)42)34-22(4)14-28(38)15-23(34)5;1-4-28-17(27)9-16(26)14-7-12(8-15(19(14)22)20(23,24)25)18-10(2)5-13(21)6-11(18)3;1-11(2)8-14(16(20)21)18-10-13(6-7-17(4)5)9-12(3)15(18)19/h13-17,20-21,26,31H,9-12,18-19H2,1-8H3;5-8,16H,4,9,26H2,1-3H3;9-11,14H,6-8H2,1-5H3,(H,20,21)/t26-,31?;16-;/m00./s1. The van der Waals surface area contributed by atoms with E-state index in [1.807, 2.05) is 66.9 Å². The molecule has 6 aromatic rings. The highest BCUT2D eigenvalue weighted by atomic mass is 19.4. The van der Waals surface area contributed by atoms with Crippen molar-refractivity contribution in [2.45, 2.75) is 164 Å². The number of likely N-dealkylation sites (N-methyl/N-ethyl adjacent to an activating group) is 2. The summed E-state index contributed by atoms with van der Waals surface area (Å²) < 4.78 is 154. The van der Waals surface area contributed by atoms with Gasteiger partial charge in [-0.25, -0.2) is 22.4 Å². The van der Waals surface area contributed by atoms with Crippen molar-refractivity contribution >= 4 is 23.7 Å². The third-order valence-electron chi connectivity index (χ3n) is 16.1. The number of ketones is 1. The number of carboxylic acid groups (broad SMARTS) is 1. The van der Waals surface area contributed by atoms with Crippen LogP contribution in [0.2, 0.25) is 0 Å². The molecule has 3 N–H and O–H groups in total. The molecule has 24 heteroatoms. The average molecular weight is 1370 g/mol. The Labute approximate surface area is 560 Å². The maximum absolute atomic E-state index is 16.0. The number of esters is 2. The lowest BCUT2D eigenvalue weighted by atomic mass is 9.83. The normalized spacial score (nSPS) is 13.0. The van der Waals surface area contributed by atoms with Crippen molar-refractivity contribution in [1.82, 2.24) is 18.9 Å². The molecule has 14 nitrogen and oxygen atoms in total. The summed E-state index contributed by atoms with van der Waals surface area (Å²) in [6.07, 6.45) is -6.28. The second-order valence-corrected chi connectivity index (χ2v) is 25.9. The molecule has 0 aliphatic heterocycles. The van der Waals surface area contributed by atoms with Gasteiger partial charge in [-0.2, -0.15) is 26.3 Å². The Balaban J connectivity index is 0.000000343. The number of nitrogens with zero attached hydrogens (tertiary/aromatic N) is 4. The summed E-state index contributed by atoms with van der Waals surface area (Å²) >= 11 is 0. The van der Waals surface area contributed by atoms with Gasteiger partial charge in [-0.1, -0.05) is 27.7 Å². The number of carbonyl (C=O) groups is 4. The van der Waals surface area contributed by atoms with E-state index < -0.39 is 125 Å². The molecule has 2 heterocycles. The van der Waals surface area contributed by atoms with E-state index in [2.05, 4.69) is 4.90 Å². The van der Waals surface area contributed by atoms with Gasteiger partial charge in [0.2, 0.25) is 0 Å². The van der Waals surface area contributed by atoms with E-state index in [0.29, 0.717) is 70.5 Å². The van der Waals surface area contributed by atoms with E-state index in [9.17, 15) is 73.4 Å². The van der Waals surface area contributed by atoms with Gasteiger partial charge in [0.05, 0.1) is 43.2 Å². The molecule has 4 atom stereocenters. The number of Topliss-reactive ketones (excluding diaryl/α,β-unsaturated/α-hetero) is 1. The monoisotopic (exact) mass is 1370 g/mol. The smallest absolute Gasteiger partial charge is 0.419 e. The molecule has 0 aliphatic rings. The predicted octanol–water partition coefficient (Wildman–Crippen LogP) is 15.3. The first-order valence-electron chi connectivity index (χ1n) is 31.9. The fourth-order valence-electron chi connectivity index (χ4n) is 11.6. The Morgan fingerprint density at radius 1 is 0.526 bits per heavy atom. The van der Waals surface area contributed by atoms with Gasteiger partial charge < -0.3 is 39.2 Å². The Kier molecular flexibility index (Phi) is 29.8. The van der Waals surface area contributed by atoms with Crippen LogP contribution in [0.25, 0.3) is 22.3 Å². The van der Waals surface area contributed by atoms with Crippen molar-refractivity contribution in [3.8, 4) is 22.3 Å². The van der Waals surface area contributed by atoms with Crippen molar-refractivity contribution in [3.63, 3.8) is 0 Å². The minimum atomic E-state index is -5.12. The van der Waals surface area contributed by atoms with Crippen molar-refractivity contribution in [3.05, 3.63) is 184 Å². The van der Waals surface area contributed by atoms with Crippen LogP contribution in [-0.2, 0) is 53.8 Å².